The zero-order valence-corrected chi connectivity index (χ0v) is 10.2. The van der Waals surface area contributed by atoms with Crippen molar-refractivity contribution < 1.29 is 14.3 Å². The second-order valence-electron chi connectivity index (χ2n) is 5.38. The summed E-state index contributed by atoms with van der Waals surface area (Å²) in [5.74, 6) is -0.842. The minimum atomic E-state index is -0.756. The first-order valence-electron chi connectivity index (χ1n) is 5.92. The van der Waals surface area contributed by atoms with Crippen LogP contribution in [0.5, 0.6) is 0 Å². The Labute approximate surface area is 100 Å². The Bertz CT molecular complexity index is 452. The lowest BCUT2D eigenvalue weighted by Gasteiger charge is -2.34. The third-order valence-electron chi connectivity index (χ3n) is 3.97. The molecule has 1 aromatic carbocycles. The highest BCUT2D eigenvalue weighted by Crippen LogP contribution is 2.37. The Kier molecular flexibility index (Phi) is 2.94. The van der Waals surface area contributed by atoms with Crippen LogP contribution in [0.25, 0.3) is 0 Å². The van der Waals surface area contributed by atoms with Crippen LogP contribution in [0.4, 0.5) is 4.39 Å². The van der Waals surface area contributed by atoms with Crippen LogP contribution in [0.2, 0.25) is 0 Å². The number of aryl methyl sites for hydroxylation is 1. The van der Waals surface area contributed by atoms with Gasteiger partial charge in [0.25, 0.3) is 0 Å². The second kappa shape index (κ2) is 4.13. The van der Waals surface area contributed by atoms with Gasteiger partial charge in [-0.05, 0) is 62.3 Å². The van der Waals surface area contributed by atoms with Crippen molar-refractivity contribution in [1.29, 1.82) is 0 Å². The number of benzene rings is 1. The van der Waals surface area contributed by atoms with E-state index in [1.54, 1.807) is 26.0 Å². The Balaban J connectivity index is 2.25. The maximum Gasteiger partial charge on any atom is 0.309 e. The van der Waals surface area contributed by atoms with Crippen LogP contribution >= 0.6 is 0 Å². The SMILES string of the molecule is CC(C)(C(=O)O)C1CCc2cc(F)ccc2C1. The Morgan fingerprint density at radius 1 is 1.41 bits per heavy atom. The summed E-state index contributed by atoms with van der Waals surface area (Å²) in [4.78, 5) is 11.2. The molecule has 0 saturated carbocycles. The van der Waals surface area contributed by atoms with E-state index in [0.29, 0.717) is 0 Å². The van der Waals surface area contributed by atoms with E-state index in [-0.39, 0.29) is 11.7 Å². The van der Waals surface area contributed by atoms with Gasteiger partial charge in [0.1, 0.15) is 5.82 Å². The van der Waals surface area contributed by atoms with Gasteiger partial charge in [0, 0.05) is 0 Å². The summed E-state index contributed by atoms with van der Waals surface area (Å²) < 4.78 is 13.1. The molecule has 2 nitrogen and oxygen atoms in total. The first kappa shape index (κ1) is 12.1. The highest BCUT2D eigenvalue weighted by atomic mass is 19.1. The molecule has 92 valence electrons. The van der Waals surface area contributed by atoms with E-state index in [0.717, 1.165) is 30.4 Å². The molecular formula is C14H17FO2. The van der Waals surface area contributed by atoms with Crippen LogP contribution in [-0.4, -0.2) is 11.1 Å². The van der Waals surface area contributed by atoms with Gasteiger partial charge in [-0.15, -0.1) is 0 Å². The number of aliphatic carboxylic acids is 1. The van der Waals surface area contributed by atoms with Crippen molar-refractivity contribution >= 4 is 5.97 Å². The van der Waals surface area contributed by atoms with Crippen molar-refractivity contribution in [3.8, 4) is 0 Å². The minimum absolute atomic E-state index is 0.123. The number of carboxylic acid groups (broad SMARTS) is 1. The Hall–Kier alpha value is -1.38. The molecule has 1 atom stereocenters. The topological polar surface area (TPSA) is 37.3 Å². The van der Waals surface area contributed by atoms with Gasteiger partial charge in [-0.25, -0.2) is 4.39 Å². The number of carboxylic acids is 1. The summed E-state index contributed by atoms with van der Waals surface area (Å²) in [6.07, 6.45) is 2.32. The number of halogens is 1. The lowest BCUT2D eigenvalue weighted by atomic mass is 9.69. The minimum Gasteiger partial charge on any atom is -0.481 e. The van der Waals surface area contributed by atoms with Gasteiger partial charge in [0.2, 0.25) is 0 Å². The molecule has 0 saturated heterocycles. The van der Waals surface area contributed by atoms with E-state index in [2.05, 4.69) is 0 Å². The second-order valence-corrected chi connectivity index (χ2v) is 5.38. The van der Waals surface area contributed by atoms with Crippen LogP contribution in [-0.2, 0) is 17.6 Å². The number of rotatable bonds is 2. The number of hydrogen-bond donors (Lipinski definition) is 1. The molecule has 1 aliphatic carbocycles. The van der Waals surface area contributed by atoms with E-state index in [1.165, 1.54) is 6.07 Å². The fourth-order valence-electron chi connectivity index (χ4n) is 2.51. The highest BCUT2D eigenvalue weighted by molar-refractivity contribution is 5.74. The third-order valence-corrected chi connectivity index (χ3v) is 3.97. The summed E-state index contributed by atoms with van der Waals surface area (Å²) >= 11 is 0. The normalized spacial score (nSPS) is 19.8. The molecule has 1 aromatic rings. The largest absolute Gasteiger partial charge is 0.481 e. The van der Waals surface area contributed by atoms with E-state index >= 15 is 0 Å². The van der Waals surface area contributed by atoms with Crippen LogP contribution in [0, 0.1) is 17.2 Å². The molecular weight excluding hydrogens is 219 g/mol. The number of hydrogen-bond acceptors (Lipinski definition) is 1. The lowest BCUT2D eigenvalue weighted by molar-refractivity contribution is -0.150. The van der Waals surface area contributed by atoms with Crippen molar-refractivity contribution in [2.24, 2.45) is 11.3 Å². The predicted octanol–water partition coefficient (Wildman–Crippen LogP) is 3.04. The first-order valence-corrected chi connectivity index (χ1v) is 5.92. The quantitative estimate of drug-likeness (QED) is 0.857. The summed E-state index contributed by atoms with van der Waals surface area (Å²) in [6, 6.07) is 4.81. The lowest BCUT2D eigenvalue weighted by Crippen LogP contribution is -2.36. The van der Waals surface area contributed by atoms with Crippen molar-refractivity contribution in [3.05, 3.63) is 35.1 Å². The predicted molar refractivity (Wildman–Crippen MR) is 63.3 cm³/mol. The van der Waals surface area contributed by atoms with Crippen molar-refractivity contribution in [1.82, 2.24) is 0 Å². The van der Waals surface area contributed by atoms with E-state index < -0.39 is 11.4 Å². The van der Waals surface area contributed by atoms with Crippen molar-refractivity contribution in [3.63, 3.8) is 0 Å². The molecule has 0 aromatic heterocycles. The Morgan fingerprint density at radius 2 is 2.12 bits per heavy atom. The highest BCUT2D eigenvalue weighted by Gasteiger charge is 2.38. The average molecular weight is 236 g/mol. The van der Waals surface area contributed by atoms with Crippen LogP contribution in [0.1, 0.15) is 31.4 Å². The summed E-state index contributed by atoms with van der Waals surface area (Å²) in [5.41, 5.74) is 1.41. The molecule has 1 aliphatic rings. The molecule has 0 fully saturated rings. The molecule has 0 amide bonds. The molecule has 0 spiro atoms. The first-order chi connectivity index (χ1) is 7.91. The number of fused-ring (bicyclic) bond motifs is 1. The summed E-state index contributed by atoms with van der Waals surface area (Å²) in [6.45, 7) is 3.54. The van der Waals surface area contributed by atoms with Crippen molar-refractivity contribution in [2.45, 2.75) is 33.1 Å². The van der Waals surface area contributed by atoms with Gasteiger partial charge in [-0.2, -0.15) is 0 Å². The van der Waals surface area contributed by atoms with Crippen LogP contribution in [0.3, 0.4) is 0 Å². The van der Waals surface area contributed by atoms with E-state index in [9.17, 15) is 14.3 Å². The van der Waals surface area contributed by atoms with Gasteiger partial charge in [-0.1, -0.05) is 6.07 Å². The molecule has 0 heterocycles. The summed E-state index contributed by atoms with van der Waals surface area (Å²) in [5, 5.41) is 9.23. The molecule has 0 bridgehead atoms. The molecule has 2 rings (SSSR count). The maximum atomic E-state index is 13.1. The monoisotopic (exact) mass is 236 g/mol. The van der Waals surface area contributed by atoms with E-state index in [1.807, 2.05) is 0 Å². The smallest absolute Gasteiger partial charge is 0.309 e. The molecule has 1 unspecified atom stereocenters. The maximum absolute atomic E-state index is 13.1. The van der Waals surface area contributed by atoms with Crippen LogP contribution in [0.15, 0.2) is 18.2 Å². The third kappa shape index (κ3) is 2.19. The fourth-order valence-corrected chi connectivity index (χ4v) is 2.51. The van der Waals surface area contributed by atoms with Gasteiger partial charge < -0.3 is 5.11 Å². The average Bonchev–Trinajstić information content (AvgIpc) is 2.28. The van der Waals surface area contributed by atoms with E-state index in [4.69, 9.17) is 0 Å². The molecule has 0 radical (unpaired) electrons. The zero-order chi connectivity index (χ0) is 12.6. The zero-order valence-electron chi connectivity index (χ0n) is 10.2. The van der Waals surface area contributed by atoms with Gasteiger partial charge >= 0.3 is 5.97 Å². The molecule has 17 heavy (non-hydrogen) atoms. The molecule has 1 N–H and O–H groups in total. The Morgan fingerprint density at radius 3 is 2.76 bits per heavy atom. The standard InChI is InChI=1S/C14H17FO2/c1-14(2,13(16)17)11-5-3-10-8-12(15)6-4-9(10)7-11/h4,6,8,11H,3,5,7H2,1-2H3,(H,16,17). The fraction of sp³-hybridized carbons (Fsp3) is 0.500. The molecule has 3 heteroatoms. The van der Waals surface area contributed by atoms with Gasteiger partial charge in [0.05, 0.1) is 5.41 Å². The molecule has 0 aliphatic heterocycles. The number of carbonyl (C=O) groups is 1. The van der Waals surface area contributed by atoms with Crippen LogP contribution < -0.4 is 0 Å². The van der Waals surface area contributed by atoms with Gasteiger partial charge in [-0.3, -0.25) is 4.79 Å². The summed E-state index contributed by atoms with van der Waals surface area (Å²) in [7, 11) is 0. The van der Waals surface area contributed by atoms with Crippen molar-refractivity contribution in [2.75, 3.05) is 0 Å². The van der Waals surface area contributed by atoms with Gasteiger partial charge in [0.15, 0.2) is 0 Å².